The third-order valence-electron chi connectivity index (χ3n) is 4.00. The van der Waals surface area contributed by atoms with Crippen LogP contribution in [0.1, 0.15) is 16.9 Å². The molecule has 0 saturated carbocycles. The van der Waals surface area contributed by atoms with E-state index in [1.54, 1.807) is 35.4 Å². The lowest BCUT2D eigenvalue weighted by atomic mass is 10.3. The van der Waals surface area contributed by atoms with Crippen LogP contribution in [0.3, 0.4) is 0 Å². The zero-order valence-corrected chi connectivity index (χ0v) is 14.6. The summed E-state index contributed by atoms with van der Waals surface area (Å²) in [5, 5.41) is 0.384. The van der Waals surface area contributed by atoms with Gasteiger partial charge in [0.25, 0.3) is 5.91 Å². The van der Waals surface area contributed by atoms with E-state index in [4.69, 9.17) is 11.6 Å². The molecule has 3 rings (SSSR count). The van der Waals surface area contributed by atoms with Crippen LogP contribution in [-0.4, -0.2) is 54.7 Å². The number of aromatic amines is 1. The summed E-state index contributed by atoms with van der Waals surface area (Å²) in [5.41, 5.74) is 0.515. The van der Waals surface area contributed by atoms with Gasteiger partial charge in [0, 0.05) is 37.4 Å². The number of hydrogen-bond acceptors (Lipinski definition) is 3. The molecule has 2 heterocycles. The third-order valence-corrected chi connectivity index (χ3v) is 6.13. The van der Waals surface area contributed by atoms with Gasteiger partial charge in [-0.2, -0.15) is 4.31 Å². The molecule has 0 spiro atoms. The molecule has 0 bridgehead atoms. The highest BCUT2D eigenvalue weighted by Gasteiger charge is 2.28. The van der Waals surface area contributed by atoms with Gasteiger partial charge in [0.1, 0.15) is 5.69 Å². The normalized spacial score (nSPS) is 16.8. The van der Waals surface area contributed by atoms with Gasteiger partial charge in [-0.15, -0.1) is 0 Å². The largest absolute Gasteiger partial charge is 0.357 e. The van der Waals surface area contributed by atoms with E-state index in [0.717, 1.165) is 0 Å². The van der Waals surface area contributed by atoms with Crippen molar-refractivity contribution in [3.63, 3.8) is 0 Å². The average molecular weight is 368 g/mol. The van der Waals surface area contributed by atoms with Gasteiger partial charge >= 0.3 is 0 Å². The van der Waals surface area contributed by atoms with Crippen molar-refractivity contribution in [2.75, 3.05) is 26.2 Å². The summed E-state index contributed by atoms with van der Waals surface area (Å²) in [6.45, 7) is 1.53. The summed E-state index contributed by atoms with van der Waals surface area (Å²) in [7, 11) is -3.61. The first-order valence-corrected chi connectivity index (χ1v) is 9.49. The SMILES string of the molecule is O=C(c1ccc[nH]1)N1CCCN(S(=O)(=O)c2cccc(Cl)c2)CC1. The van der Waals surface area contributed by atoms with Gasteiger partial charge in [-0.25, -0.2) is 8.42 Å². The van der Waals surface area contributed by atoms with E-state index in [1.165, 1.54) is 16.4 Å². The Labute approximate surface area is 146 Å². The van der Waals surface area contributed by atoms with E-state index in [2.05, 4.69) is 4.98 Å². The van der Waals surface area contributed by atoms with Crippen LogP contribution in [0.5, 0.6) is 0 Å². The van der Waals surface area contributed by atoms with Gasteiger partial charge < -0.3 is 9.88 Å². The zero-order chi connectivity index (χ0) is 17.2. The van der Waals surface area contributed by atoms with Crippen LogP contribution in [0.25, 0.3) is 0 Å². The lowest BCUT2D eigenvalue weighted by Gasteiger charge is -2.21. The van der Waals surface area contributed by atoms with Crippen LogP contribution in [0.15, 0.2) is 47.5 Å². The first kappa shape index (κ1) is 17.0. The van der Waals surface area contributed by atoms with Crippen molar-refractivity contribution >= 4 is 27.5 Å². The molecule has 1 saturated heterocycles. The number of hydrogen-bond donors (Lipinski definition) is 1. The Morgan fingerprint density at radius 3 is 2.62 bits per heavy atom. The van der Waals surface area contributed by atoms with Crippen molar-refractivity contribution in [2.24, 2.45) is 0 Å². The zero-order valence-electron chi connectivity index (χ0n) is 13.0. The van der Waals surface area contributed by atoms with Crippen LogP contribution >= 0.6 is 11.6 Å². The van der Waals surface area contributed by atoms with Gasteiger partial charge in [0.2, 0.25) is 10.0 Å². The van der Waals surface area contributed by atoms with Gasteiger partial charge in [0.05, 0.1) is 4.90 Å². The molecule has 0 atom stereocenters. The Morgan fingerprint density at radius 1 is 1.08 bits per heavy atom. The second-order valence-electron chi connectivity index (χ2n) is 5.59. The first-order chi connectivity index (χ1) is 11.5. The minimum Gasteiger partial charge on any atom is -0.357 e. The molecule has 1 aromatic carbocycles. The van der Waals surface area contributed by atoms with Crippen LogP contribution in [0.4, 0.5) is 0 Å². The number of H-pyrrole nitrogens is 1. The molecule has 1 fully saturated rings. The first-order valence-electron chi connectivity index (χ1n) is 7.67. The van der Waals surface area contributed by atoms with Crippen molar-refractivity contribution in [2.45, 2.75) is 11.3 Å². The monoisotopic (exact) mass is 367 g/mol. The van der Waals surface area contributed by atoms with Crippen LogP contribution < -0.4 is 0 Å². The van der Waals surface area contributed by atoms with Gasteiger partial charge in [0.15, 0.2) is 0 Å². The molecule has 24 heavy (non-hydrogen) atoms. The topological polar surface area (TPSA) is 73.5 Å². The van der Waals surface area contributed by atoms with Crippen molar-refractivity contribution in [1.82, 2.24) is 14.2 Å². The molecule has 1 aliphatic rings. The van der Waals surface area contributed by atoms with Crippen molar-refractivity contribution in [3.8, 4) is 0 Å². The number of nitrogens with one attached hydrogen (secondary N) is 1. The Bertz CT molecular complexity index is 821. The Balaban J connectivity index is 1.74. The maximum Gasteiger partial charge on any atom is 0.270 e. The Hall–Kier alpha value is -1.83. The predicted molar refractivity (Wildman–Crippen MR) is 91.5 cm³/mol. The predicted octanol–water partition coefficient (Wildman–Crippen LogP) is 2.20. The minimum absolute atomic E-state index is 0.109. The molecule has 0 radical (unpaired) electrons. The van der Waals surface area contributed by atoms with Gasteiger partial charge in [-0.3, -0.25) is 4.79 Å². The van der Waals surface area contributed by atoms with E-state index in [9.17, 15) is 13.2 Å². The van der Waals surface area contributed by atoms with Crippen LogP contribution in [0, 0.1) is 0 Å². The summed E-state index contributed by atoms with van der Waals surface area (Å²) < 4.78 is 26.9. The number of aromatic nitrogens is 1. The van der Waals surface area contributed by atoms with E-state index in [0.29, 0.717) is 36.8 Å². The fourth-order valence-electron chi connectivity index (χ4n) is 2.75. The standard InChI is InChI=1S/C16H18ClN3O3S/c17-13-4-1-5-14(12-13)24(22,23)20-9-3-8-19(10-11-20)16(21)15-6-2-7-18-15/h1-2,4-7,12,18H,3,8-11H2. The molecule has 1 N–H and O–H groups in total. The molecular weight excluding hydrogens is 350 g/mol. The Kier molecular flexibility index (Phi) is 4.93. The minimum atomic E-state index is -3.61. The fraction of sp³-hybridized carbons (Fsp3) is 0.312. The number of carbonyl (C=O) groups is 1. The van der Waals surface area contributed by atoms with Crippen LogP contribution in [0.2, 0.25) is 5.02 Å². The highest BCUT2D eigenvalue weighted by atomic mass is 35.5. The molecule has 0 unspecified atom stereocenters. The molecule has 1 aliphatic heterocycles. The van der Waals surface area contributed by atoms with E-state index < -0.39 is 10.0 Å². The van der Waals surface area contributed by atoms with Gasteiger partial charge in [-0.05, 0) is 36.8 Å². The number of amides is 1. The highest BCUT2D eigenvalue weighted by Crippen LogP contribution is 2.21. The molecule has 1 aromatic heterocycles. The number of halogens is 1. The summed E-state index contributed by atoms with van der Waals surface area (Å²) in [6.07, 6.45) is 2.28. The van der Waals surface area contributed by atoms with Gasteiger partial charge in [-0.1, -0.05) is 17.7 Å². The number of benzene rings is 1. The van der Waals surface area contributed by atoms with Crippen LogP contribution in [-0.2, 0) is 10.0 Å². The maximum absolute atomic E-state index is 12.8. The maximum atomic E-state index is 12.8. The molecule has 2 aromatic rings. The average Bonchev–Trinajstić information content (AvgIpc) is 2.98. The molecule has 6 nitrogen and oxygen atoms in total. The second kappa shape index (κ2) is 6.96. The van der Waals surface area contributed by atoms with Crippen molar-refractivity contribution in [1.29, 1.82) is 0 Å². The fourth-order valence-corrected chi connectivity index (χ4v) is 4.52. The third kappa shape index (κ3) is 3.48. The lowest BCUT2D eigenvalue weighted by molar-refractivity contribution is 0.0759. The molecule has 8 heteroatoms. The summed E-state index contributed by atoms with van der Waals surface area (Å²) in [4.78, 5) is 17.1. The summed E-state index contributed by atoms with van der Waals surface area (Å²) in [5.74, 6) is -0.109. The second-order valence-corrected chi connectivity index (χ2v) is 7.97. The summed E-state index contributed by atoms with van der Waals surface area (Å²) in [6, 6.07) is 9.72. The van der Waals surface area contributed by atoms with Crippen molar-refractivity contribution in [3.05, 3.63) is 53.3 Å². The molecule has 0 aliphatic carbocycles. The Morgan fingerprint density at radius 2 is 1.92 bits per heavy atom. The molecule has 1 amide bonds. The van der Waals surface area contributed by atoms with E-state index >= 15 is 0 Å². The molecule has 128 valence electrons. The number of nitrogens with zero attached hydrogens (tertiary/aromatic N) is 2. The lowest BCUT2D eigenvalue weighted by Crippen LogP contribution is -2.37. The smallest absolute Gasteiger partial charge is 0.270 e. The number of carbonyl (C=O) groups excluding carboxylic acids is 1. The number of rotatable bonds is 3. The molecular formula is C16H18ClN3O3S. The quantitative estimate of drug-likeness (QED) is 0.903. The van der Waals surface area contributed by atoms with E-state index in [-0.39, 0.29) is 17.3 Å². The van der Waals surface area contributed by atoms with E-state index in [1.807, 2.05) is 0 Å². The number of sulfonamides is 1. The summed E-state index contributed by atoms with van der Waals surface area (Å²) >= 11 is 5.90. The van der Waals surface area contributed by atoms with Crippen molar-refractivity contribution < 1.29 is 13.2 Å². The highest BCUT2D eigenvalue weighted by molar-refractivity contribution is 7.89.